The van der Waals surface area contributed by atoms with Crippen molar-refractivity contribution >= 4 is 21.9 Å². The number of piperidine rings is 1. The van der Waals surface area contributed by atoms with Crippen molar-refractivity contribution in [1.29, 1.82) is 0 Å². The summed E-state index contributed by atoms with van der Waals surface area (Å²) in [6, 6.07) is 8.88. The normalized spacial score (nSPS) is 25.0. The molecule has 1 heterocycles. The summed E-state index contributed by atoms with van der Waals surface area (Å²) in [5.41, 5.74) is -0.378. The highest BCUT2D eigenvalue weighted by molar-refractivity contribution is 7.85. The number of benzene rings is 1. The summed E-state index contributed by atoms with van der Waals surface area (Å²) in [5.74, 6) is -0.125. The van der Waals surface area contributed by atoms with E-state index in [1.165, 1.54) is 0 Å². The predicted molar refractivity (Wildman–Crippen MR) is 105 cm³/mol. The second kappa shape index (κ2) is 8.61. The van der Waals surface area contributed by atoms with Crippen LogP contribution in [0.15, 0.2) is 30.3 Å². The molecular weight excluding hydrogens is 380 g/mol. The average Bonchev–Trinajstić information content (AvgIpc) is 2.65. The monoisotopic (exact) mass is 408 g/mol. The molecule has 0 radical (unpaired) electrons. The topological polar surface area (TPSA) is 92.8 Å². The number of amides is 2. The smallest absolute Gasteiger partial charge is 0.264 e. The maximum Gasteiger partial charge on any atom is 0.264 e. The van der Waals surface area contributed by atoms with Gasteiger partial charge in [0.05, 0.1) is 12.9 Å². The Bertz CT molecular complexity index is 797. The zero-order valence-corrected chi connectivity index (χ0v) is 17.0. The number of hydrogen-bond donors (Lipinski definition) is 1. The zero-order chi connectivity index (χ0) is 20.2. The van der Waals surface area contributed by atoms with Crippen LogP contribution < -0.4 is 5.32 Å². The lowest BCUT2D eigenvalue weighted by molar-refractivity contribution is -0.145. The molecule has 1 aliphatic heterocycles. The predicted octanol–water partition coefficient (Wildman–Crippen LogP) is 1.94. The largest absolute Gasteiger partial charge is 0.341 e. The molecule has 2 aliphatic rings. The minimum Gasteiger partial charge on any atom is -0.341 e. The van der Waals surface area contributed by atoms with Gasteiger partial charge in [0, 0.05) is 18.7 Å². The average molecular weight is 409 g/mol. The van der Waals surface area contributed by atoms with Crippen molar-refractivity contribution in [3.63, 3.8) is 0 Å². The molecule has 3 rings (SSSR count). The van der Waals surface area contributed by atoms with Crippen LogP contribution in [0.2, 0.25) is 0 Å². The molecule has 1 N–H and O–H groups in total. The van der Waals surface area contributed by atoms with Crippen LogP contribution in [-0.2, 0) is 19.1 Å². The van der Waals surface area contributed by atoms with Crippen LogP contribution in [0.25, 0.3) is 0 Å². The van der Waals surface area contributed by atoms with Gasteiger partial charge in [0.25, 0.3) is 16.0 Å². The van der Waals surface area contributed by atoms with Crippen molar-refractivity contribution < 1.29 is 22.2 Å². The Balaban J connectivity index is 1.67. The van der Waals surface area contributed by atoms with E-state index in [0.717, 1.165) is 38.6 Å². The molecule has 0 spiro atoms. The molecule has 0 bridgehead atoms. The van der Waals surface area contributed by atoms with Crippen LogP contribution in [0.4, 0.5) is 0 Å². The first-order valence-electron chi connectivity index (χ1n) is 9.80. The summed E-state index contributed by atoms with van der Waals surface area (Å²) in [5, 5.41) is 2.99. The number of carbonyl (C=O) groups is 2. The van der Waals surface area contributed by atoms with E-state index in [2.05, 4.69) is 5.32 Å². The molecule has 7 nitrogen and oxygen atoms in total. The van der Waals surface area contributed by atoms with Gasteiger partial charge in [-0.05, 0) is 56.6 Å². The first-order valence-corrected chi connectivity index (χ1v) is 11.6. The molecular formula is C20H28N2O5S. The minimum atomic E-state index is -3.47. The lowest BCUT2D eigenvalue weighted by Crippen LogP contribution is -2.66. The van der Waals surface area contributed by atoms with Crippen molar-refractivity contribution in [2.45, 2.75) is 44.1 Å². The third-order valence-electron chi connectivity index (χ3n) is 5.54. The standard InChI is InChI=1S/C20H28N2O5S/c1-28(25,26)27-13-10-16-14-20(15-16,19(24)22-11-6-3-7-12-22)21-18(23)17-8-4-2-5-9-17/h2,4-5,8-9,16H,3,6-7,10-15H2,1H3,(H,21,23). The van der Waals surface area contributed by atoms with Crippen LogP contribution in [-0.4, -0.2) is 56.6 Å². The molecule has 0 unspecified atom stereocenters. The molecule has 1 saturated heterocycles. The maximum absolute atomic E-state index is 13.2. The molecule has 0 aromatic heterocycles. The van der Waals surface area contributed by atoms with E-state index >= 15 is 0 Å². The molecule has 1 saturated carbocycles. The Labute approximate surface area is 166 Å². The number of nitrogens with one attached hydrogen (secondary N) is 1. The number of nitrogens with zero attached hydrogens (tertiary/aromatic N) is 1. The van der Waals surface area contributed by atoms with Gasteiger partial charge in [-0.25, -0.2) is 0 Å². The van der Waals surface area contributed by atoms with Gasteiger partial charge in [0.1, 0.15) is 5.54 Å². The fourth-order valence-electron chi connectivity index (χ4n) is 4.10. The van der Waals surface area contributed by atoms with E-state index in [1.807, 2.05) is 11.0 Å². The van der Waals surface area contributed by atoms with Crippen LogP contribution >= 0.6 is 0 Å². The molecule has 1 aromatic carbocycles. The SMILES string of the molecule is CS(=O)(=O)OCCC1CC(NC(=O)c2ccccc2)(C(=O)N2CCCCC2)C1. The first kappa shape index (κ1) is 20.8. The number of likely N-dealkylation sites (tertiary alicyclic amines) is 1. The van der Waals surface area contributed by atoms with Crippen LogP contribution in [0.3, 0.4) is 0 Å². The Morgan fingerprint density at radius 2 is 1.79 bits per heavy atom. The fraction of sp³-hybridized carbons (Fsp3) is 0.600. The highest BCUT2D eigenvalue weighted by Gasteiger charge is 2.52. The van der Waals surface area contributed by atoms with Crippen molar-refractivity contribution in [2.75, 3.05) is 26.0 Å². The van der Waals surface area contributed by atoms with Crippen molar-refractivity contribution in [3.05, 3.63) is 35.9 Å². The van der Waals surface area contributed by atoms with Gasteiger partial charge in [0.2, 0.25) is 5.91 Å². The summed E-state index contributed by atoms with van der Waals surface area (Å²) in [4.78, 5) is 27.8. The van der Waals surface area contributed by atoms with Crippen LogP contribution in [0.1, 0.15) is 48.9 Å². The lowest BCUT2D eigenvalue weighted by Gasteiger charge is -2.49. The molecule has 2 fully saturated rings. The molecule has 1 aliphatic carbocycles. The third-order valence-corrected chi connectivity index (χ3v) is 6.13. The Morgan fingerprint density at radius 3 is 2.39 bits per heavy atom. The van der Waals surface area contributed by atoms with Crippen molar-refractivity contribution in [2.24, 2.45) is 5.92 Å². The molecule has 1 aromatic rings. The minimum absolute atomic E-state index is 0.0169. The second-order valence-electron chi connectivity index (χ2n) is 7.84. The van der Waals surface area contributed by atoms with E-state index in [-0.39, 0.29) is 24.3 Å². The Morgan fingerprint density at radius 1 is 1.14 bits per heavy atom. The zero-order valence-electron chi connectivity index (χ0n) is 16.2. The first-order chi connectivity index (χ1) is 13.3. The molecule has 28 heavy (non-hydrogen) atoms. The van der Waals surface area contributed by atoms with Crippen LogP contribution in [0.5, 0.6) is 0 Å². The highest BCUT2D eigenvalue weighted by Crippen LogP contribution is 2.42. The van der Waals surface area contributed by atoms with Gasteiger partial charge in [-0.15, -0.1) is 0 Å². The van der Waals surface area contributed by atoms with E-state index in [9.17, 15) is 18.0 Å². The quantitative estimate of drug-likeness (QED) is 0.696. The maximum atomic E-state index is 13.2. The van der Waals surface area contributed by atoms with E-state index in [0.29, 0.717) is 24.8 Å². The Kier molecular flexibility index (Phi) is 6.40. The van der Waals surface area contributed by atoms with E-state index in [4.69, 9.17) is 4.18 Å². The van der Waals surface area contributed by atoms with Gasteiger partial charge >= 0.3 is 0 Å². The van der Waals surface area contributed by atoms with Crippen molar-refractivity contribution in [3.8, 4) is 0 Å². The second-order valence-corrected chi connectivity index (χ2v) is 9.49. The van der Waals surface area contributed by atoms with Gasteiger partial charge in [0.15, 0.2) is 0 Å². The van der Waals surface area contributed by atoms with Gasteiger partial charge < -0.3 is 10.2 Å². The molecule has 8 heteroatoms. The summed E-state index contributed by atoms with van der Waals surface area (Å²) in [6.07, 6.45) is 5.68. The molecule has 2 amide bonds. The highest BCUT2D eigenvalue weighted by atomic mass is 32.2. The number of carbonyl (C=O) groups excluding carboxylic acids is 2. The number of hydrogen-bond acceptors (Lipinski definition) is 5. The summed E-state index contributed by atoms with van der Waals surface area (Å²) in [6.45, 7) is 1.55. The van der Waals surface area contributed by atoms with E-state index < -0.39 is 15.7 Å². The van der Waals surface area contributed by atoms with Gasteiger partial charge in [-0.2, -0.15) is 8.42 Å². The fourth-order valence-corrected chi connectivity index (χ4v) is 4.50. The van der Waals surface area contributed by atoms with Crippen molar-refractivity contribution in [1.82, 2.24) is 10.2 Å². The summed E-state index contributed by atoms with van der Waals surface area (Å²) >= 11 is 0. The summed E-state index contributed by atoms with van der Waals surface area (Å²) in [7, 11) is -3.47. The van der Waals surface area contributed by atoms with E-state index in [1.54, 1.807) is 24.3 Å². The Hall–Kier alpha value is -1.93. The third kappa shape index (κ3) is 5.11. The van der Waals surface area contributed by atoms with Gasteiger partial charge in [-0.3, -0.25) is 13.8 Å². The number of rotatable bonds is 7. The summed E-state index contributed by atoms with van der Waals surface area (Å²) < 4.78 is 27.1. The van der Waals surface area contributed by atoms with Crippen LogP contribution in [0, 0.1) is 5.92 Å². The lowest BCUT2D eigenvalue weighted by atomic mass is 9.66. The van der Waals surface area contributed by atoms with Gasteiger partial charge in [-0.1, -0.05) is 18.2 Å². The molecule has 154 valence electrons. The molecule has 0 atom stereocenters.